The molecule has 2 heterocycles. The first-order chi connectivity index (χ1) is 14.0. The number of thiazole rings is 1. The van der Waals surface area contributed by atoms with Crippen LogP contribution in [0.5, 0.6) is 16.6 Å². The normalized spacial score (nSPS) is 12.7. The van der Waals surface area contributed by atoms with Crippen LogP contribution in [-0.2, 0) is 6.42 Å². The van der Waals surface area contributed by atoms with Gasteiger partial charge < -0.3 is 9.47 Å². The Hall–Kier alpha value is -3.20. The summed E-state index contributed by atoms with van der Waals surface area (Å²) in [5.41, 5.74) is 1.80. The number of aryl methyl sites for hydroxylation is 1. The number of hydrogen-bond donors (Lipinski definition) is 1. The molecule has 0 saturated carbocycles. The lowest BCUT2D eigenvalue weighted by molar-refractivity contribution is 0.258. The van der Waals surface area contributed by atoms with E-state index in [1.807, 2.05) is 18.2 Å². The molecule has 0 saturated heterocycles. The summed E-state index contributed by atoms with van der Waals surface area (Å²) in [5, 5.41) is 3.28. The topological polar surface area (TPSA) is 63.7 Å². The molecular formula is C20H17F2N3O3S. The number of amides is 2. The average Bonchev–Trinajstić information content (AvgIpc) is 3.12. The van der Waals surface area contributed by atoms with Crippen LogP contribution in [-0.4, -0.2) is 24.7 Å². The SMILES string of the molecule is CN(C(=O)Nc1ncc(Oc2cc(F)cc(F)c2)s1)c1ccc2c(c1)CCCO2. The number of hydrogen-bond acceptors (Lipinski definition) is 5. The molecule has 6 nitrogen and oxygen atoms in total. The molecule has 9 heteroatoms. The summed E-state index contributed by atoms with van der Waals surface area (Å²) in [6.45, 7) is 0.708. The van der Waals surface area contributed by atoms with Crippen molar-refractivity contribution in [3.63, 3.8) is 0 Å². The Labute approximate surface area is 169 Å². The standard InChI is InChI=1S/C20H17F2N3O3S/c1-25(15-4-5-17-12(7-15)3-2-6-27-17)20(26)24-19-23-11-18(29-19)28-16-9-13(21)8-14(22)10-16/h4-5,7-11H,2-3,6H2,1H3,(H,23,24,26). The van der Waals surface area contributed by atoms with Crippen LogP contribution < -0.4 is 19.7 Å². The zero-order valence-electron chi connectivity index (χ0n) is 15.4. The number of nitrogens with zero attached hydrogens (tertiary/aromatic N) is 2. The molecule has 3 aromatic rings. The van der Waals surface area contributed by atoms with Gasteiger partial charge in [-0.3, -0.25) is 10.2 Å². The highest BCUT2D eigenvalue weighted by atomic mass is 32.1. The van der Waals surface area contributed by atoms with Gasteiger partial charge in [-0.2, -0.15) is 0 Å². The van der Waals surface area contributed by atoms with Crippen molar-refractivity contribution in [2.24, 2.45) is 0 Å². The molecule has 4 rings (SSSR count). The van der Waals surface area contributed by atoms with Crippen LogP contribution in [0.25, 0.3) is 0 Å². The third-order valence-electron chi connectivity index (χ3n) is 4.34. The van der Waals surface area contributed by atoms with E-state index in [0.717, 1.165) is 59.4 Å². The van der Waals surface area contributed by atoms with Crippen LogP contribution in [0.2, 0.25) is 0 Å². The van der Waals surface area contributed by atoms with Crippen molar-refractivity contribution in [1.82, 2.24) is 4.98 Å². The molecule has 2 aromatic carbocycles. The highest BCUT2D eigenvalue weighted by Crippen LogP contribution is 2.32. The van der Waals surface area contributed by atoms with Gasteiger partial charge in [-0.25, -0.2) is 18.6 Å². The lowest BCUT2D eigenvalue weighted by Gasteiger charge is -2.22. The van der Waals surface area contributed by atoms with Crippen molar-refractivity contribution >= 4 is 28.2 Å². The number of fused-ring (bicyclic) bond motifs is 1. The molecule has 2 amide bonds. The molecule has 29 heavy (non-hydrogen) atoms. The van der Waals surface area contributed by atoms with Gasteiger partial charge in [0.2, 0.25) is 5.06 Å². The fourth-order valence-electron chi connectivity index (χ4n) is 2.92. The molecule has 0 aliphatic carbocycles. The second-order valence-electron chi connectivity index (χ2n) is 6.42. The minimum atomic E-state index is -0.741. The Morgan fingerprint density at radius 3 is 2.83 bits per heavy atom. The van der Waals surface area contributed by atoms with E-state index < -0.39 is 11.6 Å². The van der Waals surface area contributed by atoms with Gasteiger partial charge in [-0.15, -0.1) is 0 Å². The van der Waals surface area contributed by atoms with Gasteiger partial charge in [0.1, 0.15) is 23.1 Å². The van der Waals surface area contributed by atoms with Crippen LogP contribution in [0, 0.1) is 11.6 Å². The summed E-state index contributed by atoms with van der Waals surface area (Å²) in [5.74, 6) is -0.619. The van der Waals surface area contributed by atoms with Gasteiger partial charge in [0.25, 0.3) is 0 Å². The summed E-state index contributed by atoms with van der Waals surface area (Å²) in [6.07, 6.45) is 3.23. The number of aromatic nitrogens is 1. The van der Waals surface area contributed by atoms with E-state index in [1.54, 1.807) is 7.05 Å². The summed E-state index contributed by atoms with van der Waals surface area (Å²) in [7, 11) is 1.65. The fraction of sp³-hybridized carbons (Fsp3) is 0.200. The number of nitrogens with one attached hydrogen (secondary N) is 1. The van der Waals surface area contributed by atoms with Crippen molar-refractivity contribution in [1.29, 1.82) is 0 Å². The lowest BCUT2D eigenvalue weighted by atomic mass is 10.1. The van der Waals surface area contributed by atoms with Gasteiger partial charge in [-0.1, -0.05) is 11.3 Å². The Kier molecular flexibility index (Phi) is 5.30. The first-order valence-electron chi connectivity index (χ1n) is 8.88. The van der Waals surface area contributed by atoms with Crippen molar-refractivity contribution in [3.05, 3.63) is 59.8 Å². The fourth-order valence-corrected chi connectivity index (χ4v) is 3.59. The number of halogens is 2. The van der Waals surface area contributed by atoms with E-state index in [4.69, 9.17) is 9.47 Å². The van der Waals surface area contributed by atoms with Crippen LogP contribution >= 0.6 is 11.3 Å². The third kappa shape index (κ3) is 4.45. The number of benzene rings is 2. The Morgan fingerprint density at radius 2 is 2.03 bits per heavy atom. The highest BCUT2D eigenvalue weighted by Gasteiger charge is 2.17. The maximum Gasteiger partial charge on any atom is 0.327 e. The molecule has 0 atom stereocenters. The minimum absolute atomic E-state index is 0.0115. The number of urea groups is 1. The smallest absolute Gasteiger partial charge is 0.327 e. The van der Waals surface area contributed by atoms with Crippen LogP contribution in [0.4, 0.5) is 24.4 Å². The molecule has 1 aromatic heterocycles. The van der Waals surface area contributed by atoms with Crippen LogP contribution in [0.15, 0.2) is 42.6 Å². The maximum atomic E-state index is 13.3. The second kappa shape index (κ2) is 8.04. The second-order valence-corrected chi connectivity index (χ2v) is 7.42. The van der Waals surface area contributed by atoms with Gasteiger partial charge in [0.15, 0.2) is 5.13 Å². The molecule has 1 aliphatic heterocycles. The lowest BCUT2D eigenvalue weighted by Crippen LogP contribution is -2.31. The molecule has 0 unspecified atom stereocenters. The number of carbonyl (C=O) groups is 1. The van der Waals surface area contributed by atoms with Gasteiger partial charge in [-0.05, 0) is 36.6 Å². The van der Waals surface area contributed by atoms with E-state index in [1.165, 1.54) is 11.1 Å². The summed E-state index contributed by atoms with van der Waals surface area (Å²) in [6, 6.07) is 8.12. The predicted molar refractivity (Wildman–Crippen MR) is 106 cm³/mol. The van der Waals surface area contributed by atoms with Gasteiger partial charge >= 0.3 is 6.03 Å². The Bertz CT molecular complexity index is 1040. The van der Waals surface area contributed by atoms with E-state index in [-0.39, 0.29) is 11.8 Å². The molecule has 0 fully saturated rings. The van der Waals surface area contributed by atoms with Crippen molar-refractivity contribution in [2.75, 3.05) is 23.9 Å². The summed E-state index contributed by atoms with van der Waals surface area (Å²) in [4.78, 5) is 18.1. The first kappa shape index (κ1) is 19.1. The van der Waals surface area contributed by atoms with E-state index in [2.05, 4.69) is 10.3 Å². The molecule has 1 aliphatic rings. The number of anilines is 2. The highest BCUT2D eigenvalue weighted by molar-refractivity contribution is 7.17. The zero-order valence-corrected chi connectivity index (χ0v) is 16.3. The number of ether oxygens (including phenoxy) is 2. The largest absolute Gasteiger partial charge is 0.493 e. The van der Waals surface area contributed by atoms with Gasteiger partial charge in [0.05, 0.1) is 12.8 Å². The zero-order chi connectivity index (χ0) is 20.4. The molecular weight excluding hydrogens is 400 g/mol. The van der Waals surface area contributed by atoms with E-state index >= 15 is 0 Å². The molecule has 0 bridgehead atoms. The molecule has 0 spiro atoms. The van der Waals surface area contributed by atoms with Gasteiger partial charge in [0, 0.05) is 30.9 Å². The number of rotatable bonds is 4. The number of carbonyl (C=O) groups excluding carboxylic acids is 1. The average molecular weight is 417 g/mol. The van der Waals surface area contributed by atoms with Crippen molar-refractivity contribution < 1.29 is 23.0 Å². The van der Waals surface area contributed by atoms with E-state index in [9.17, 15) is 13.6 Å². The molecule has 0 radical (unpaired) electrons. The maximum absolute atomic E-state index is 13.3. The predicted octanol–water partition coefficient (Wildman–Crippen LogP) is 5.21. The molecule has 150 valence electrons. The van der Waals surface area contributed by atoms with Crippen LogP contribution in [0.1, 0.15) is 12.0 Å². The summed E-state index contributed by atoms with van der Waals surface area (Å²) < 4.78 is 37.5. The van der Waals surface area contributed by atoms with Crippen molar-refractivity contribution in [2.45, 2.75) is 12.8 Å². The minimum Gasteiger partial charge on any atom is -0.493 e. The Balaban J connectivity index is 1.42. The van der Waals surface area contributed by atoms with E-state index in [0.29, 0.717) is 16.8 Å². The van der Waals surface area contributed by atoms with Crippen molar-refractivity contribution in [3.8, 4) is 16.6 Å². The Morgan fingerprint density at radius 1 is 1.24 bits per heavy atom. The van der Waals surface area contributed by atoms with Crippen LogP contribution in [0.3, 0.4) is 0 Å². The molecule has 1 N–H and O–H groups in total. The summed E-state index contributed by atoms with van der Waals surface area (Å²) >= 11 is 1.05. The monoisotopic (exact) mass is 417 g/mol. The first-order valence-corrected chi connectivity index (χ1v) is 9.70. The quantitative estimate of drug-likeness (QED) is 0.633. The third-order valence-corrected chi connectivity index (χ3v) is 5.13.